The first-order valence-electron chi connectivity index (χ1n) is 20.2. The maximum Gasteiger partial charge on any atom is 0.305 e. The summed E-state index contributed by atoms with van der Waals surface area (Å²) >= 11 is 0. The minimum Gasteiger partial charge on any atom is -0.463 e. The van der Waals surface area contributed by atoms with Gasteiger partial charge < -0.3 is 56.8 Å². The summed E-state index contributed by atoms with van der Waals surface area (Å²) in [6.07, 6.45) is 12.7. The third-order valence-electron chi connectivity index (χ3n) is 7.79. The molecule has 13 nitrogen and oxygen atoms in total. The Morgan fingerprint density at radius 2 is 0.635 bits per heavy atom. The molecule has 0 bridgehead atoms. The Kier molecular flexibility index (Phi) is 45.3. The zero-order valence-electron chi connectivity index (χ0n) is 33.4. The molecule has 0 aliphatic rings. The summed E-state index contributed by atoms with van der Waals surface area (Å²) in [6.45, 7) is 18.4. The SMILES string of the molecule is CCCCCCCCCCCC(=O)OCCOCCOCCOCCOCCOCCOCCOCCOCCOCCOCCOCC(C)CC. The molecule has 0 spiro atoms. The maximum absolute atomic E-state index is 11.8. The minimum atomic E-state index is -0.136. The van der Waals surface area contributed by atoms with Crippen LogP contribution in [0, 0.1) is 5.92 Å². The van der Waals surface area contributed by atoms with Crippen molar-refractivity contribution in [2.45, 2.75) is 91.4 Å². The van der Waals surface area contributed by atoms with E-state index in [1.165, 1.54) is 44.9 Å². The number of rotatable bonds is 46. The number of hydrogen-bond acceptors (Lipinski definition) is 13. The monoisotopic (exact) mass is 755 g/mol. The van der Waals surface area contributed by atoms with Gasteiger partial charge in [-0.15, -0.1) is 0 Å². The van der Waals surface area contributed by atoms with Crippen LogP contribution in [-0.4, -0.2) is 158 Å². The molecule has 13 heteroatoms. The standard InChI is InChI=1S/C39H78O13/c1-4-6-7-8-9-10-11-12-13-14-39(40)52-36-35-50-32-31-48-28-27-46-24-23-44-20-19-42-16-15-41-17-18-43-21-22-45-25-26-47-29-30-49-33-34-51-37-38(3)5-2/h38H,4-37H2,1-3H3. The van der Waals surface area contributed by atoms with Crippen molar-refractivity contribution in [2.75, 3.05) is 152 Å². The minimum absolute atomic E-state index is 0.136. The molecule has 0 N–H and O–H groups in total. The Hall–Kier alpha value is -0.970. The second-order valence-electron chi connectivity index (χ2n) is 12.5. The van der Waals surface area contributed by atoms with Crippen molar-refractivity contribution >= 4 is 5.97 Å². The summed E-state index contributed by atoms with van der Waals surface area (Å²) in [5, 5.41) is 0. The lowest BCUT2D eigenvalue weighted by molar-refractivity contribution is -0.145. The summed E-state index contributed by atoms with van der Waals surface area (Å²) in [4.78, 5) is 11.8. The van der Waals surface area contributed by atoms with Crippen molar-refractivity contribution in [1.82, 2.24) is 0 Å². The molecule has 0 amide bonds. The lowest BCUT2D eigenvalue weighted by Gasteiger charge is -2.10. The van der Waals surface area contributed by atoms with Gasteiger partial charge in [-0.05, 0) is 12.3 Å². The van der Waals surface area contributed by atoms with Crippen LogP contribution in [0.2, 0.25) is 0 Å². The average Bonchev–Trinajstić information content (AvgIpc) is 3.15. The molecule has 0 aromatic heterocycles. The molecule has 0 radical (unpaired) electrons. The smallest absolute Gasteiger partial charge is 0.305 e. The van der Waals surface area contributed by atoms with E-state index in [0.29, 0.717) is 151 Å². The van der Waals surface area contributed by atoms with E-state index in [2.05, 4.69) is 20.8 Å². The third-order valence-corrected chi connectivity index (χ3v) is 7.79. The summed E-state index contributed by atoms with van der Waals surface area (Å²) in [5.74, 6) is 0.459. The molecule has 0 aliphatic heterocycles. The lowest BCUT2D eigenvalue weighted by Crippen LogP contribution is -2.15. The topological polar surface area (TPSA) is 128 Å². The van der Waals surface area contributed by atoms with E-state index in [4.69, 9.17) is 56.8 Å². The molecule has 0 saturated heterocycles. The van der Waals surface area contributed by atoms with Crippen LogP contribution in [0.25, 0.3) is 0 Å². The molecule has 0 rings (SSSR count). The maximum atomic E-state index is 11.8. The molecular formula is C39H78O13. The quantitative estimate of drug-likeness (QED) is 0.0559. The van der Waals surface area contributed by atoms with Crippen LogP contribution in [0.1, 0.15) is 91.4 Å². The lowest BCUT2D eigenvalue weighted by atomic mass is 10.1. The van der Waals surface area contributed by atoms with Crippen LogP contribution in [0.15, 0.2) is 0 Å². The highest BCUT2D eigenvalue weighted by molar-refractivity contribution is 5.69. The summed E-state index contributed by atoms with van der Waals surface area (Å²) in [6, 6.07) is 0. The first-order valence-corrected chi connectivity index (χ1v) is 20.2. The Bertz CT molecular complexity index is 674. The van der Waals surface area contributed by atoms with Crippen molar-refractivity contribution in [3.8, 4) is 0 Å². The van der Waals surface area contributed by atoms with Gasteiger partial charge in [-0.1, -0.05) is 78.6 Å². The predicted octanol–water partition coefficient (Wildman–Crippen LogP) is 5.68. The fourth-order valence-corrected chi connectivity index (χ4v) is 4.47. The van der Waals surface area contributed by atoms with E-state index in [0.717, 1.165) is 25.9 Å². The average molecular weight is 755 g/mol. The van der Waals surface area contributed by atoms with Crippen molar-refractivity contribution in [3.05, 3.63) is 0 Å². The van der Waals surface area contributed by atoms with Crippen LogP contribution in [-0.2, 0) is 61.6 Å². The molecule has 1 atom stereocenters. The third kappa shape index (κ3) is 45.2. The van der Waals surface area contributed by atoms with Crippen LogP contribution in [0.4, 0.5) is 0 Å². The highest BCUT2D eigenvalue weighted by Crippen LogP contribution is 2.10. The Labute approximate surface area is 316 Å². The zero-order chi connectivity index (χ0) is 37.7. The van der Waals surface area contributed by atoms with Gasteiger partial charge in [0.2, 0.25) is 0 Å². The summed E-state index contributed by atoms with van der Waals surface area (Å²) < 4.78 is 65.6. The van der Waals surface area contributed by atoms with Crippen LogP contribution < -0.4 is 0 Å². The predicted molar refractivity (Wildman–Crippen MR) is 201 cm³/mol. The fourth-order valence-electron chi connectivity index (χ4n) is 4.47. The summed E-state index contributed by atoms with van der Waals surface area (Å²) in [5.41, 5.74) is 0. The van der Waals surface area contributed by atoms with E-state index in [1.807, 2.05) is 0 Å². The zero-order valence-corrected chi connectivity index (χ0v) is 33.4. The first-order chi connectivity index (χ1) is 25.7. The molecule has 0 heterocycles. The van der Waals surface area contributed by atoms with Crippen molar-refractivity contribution in [3.63, 3.8) is 0 Å². The van der Waals surface area contributed by atoms with E-state index in [9.17, 15) is 4.79 Å². The molecule has 0 aliphatic carbocycles. The van der Waals surface area contributed by atoms with E-state index >= 15 is 0 Å². The van der Waals surface area contributed by atoms with E-state index < -0.39 is 0 Å². The van der Waals surface area contributed by atoms with Crippen LogP contribution in [0.5, 0.6) is 0 Å². The van der Waals surface area contributed by atoms with Gasteiger partial charge in [-0.3, -0.25) is 4.79 Å². The second-order valence-corrected chi connectivity index (χ2v) is 12.5. The van der Waals surface area contributed by atoms with Crippen LogP contribution in [0.3, 0.4) is 0 Å². The largest absolute Gasteiger partial charge is 0.463 e. The van der Waals surface area contributed by atoms with E-state index in [1.54, 1.807) is 0 Å². The Morgan fingerprint density at radius 3 is 0.942 bits per heavy atom. The van der Waals surface area contributed by atoms with Crippen LogP contribution >= 0.6 is 0 Å². The molecule has 0 aromatic rings. The normalized spacial score (nSPS) is 12.1. The van der Waals surface area contributed by atoms with E-state index in [-0.39, 0.29) is 12.6 Å². The first kappa shape index (κ1) is 51.0. The number of unbranched alkanes of at least 4 members (excludes halogenated alkanes) is 8. The van der Waals surface area contributed by atoms with Gasteiger partial charge in [0.05, 0.1) is 139 Å². The number of carbonyl (C=O) groups excluding carboxylic acids is 1. The Morgan fingerprint density at radius 1 is 0.365 bits per heavy atom. The molecule has 0 saturated carbocycles. The number of carbonyl (C=O) groups is 1. The van der Waals surface area contributed by atoms with Gasteiger partial charge in [0.15, 0.2) is 0 Å². The van der Waals surface area contributed by atoms with Gasteiger partial charge in [0.1, 0.15) is 6.61 Å². The number of esters is 1. The van der Waals surface area contributed by atoms with Crippen molar-refractivity contribution in [1.29, 1.82) is 0 Å². The second kappa shape index (κ2) is 46.2. The van der Waals surface area contributed by atoms with Gasteiger partial charge in [0.25, 0.3) is 0 Å². The highest BCUT2D eigenvalue weighted by Gasteiger charge is 2.03. The van der Waals surface area contributed by atoms with Crippen molar-refractivity contribution < 1.29 is 61.6 Å². The molecule has 52 heavy (non-hydrogen) atoms. The molecule has 0 fully saturated rings. The Balaban J connectivity index is 3.11. The molecule has 1 unspecified atom stereocenters. The molecule has 312 valence electrons. The number of hydrogen-bond donors (Lipinski definition) is 0. The molecule has 0 aromatic carbocycles. The summed E-state index contributed by atoms with van der Waals surface area (Å²) in [7, 11) is 0. The van der Waals surface area contributed by atoms with Gasteiger partial charge in [0, 0.05) is 13.0 Å². The fraction of sp³-hybridized carbons (Fsp3) is 0.974. The number of ether oxygens (including phenoxy) is 12. The van der Waals surface area contributed by atoms with Gasteiger partial charge in [-0.25, -0.2) is 0 Å². The van der Waals surface area contributed by atoms with Gasteiger partial charge >= 0.3 is 5.97 Å². The molecular weight excluding hydrogens is 676 g/mol. The van der Waals surface area contributed by atoms with Gasteiger partial charge in [-0.2, -0.15) is 0 Å². The highest BCUT2D eigenvalue weighted by atomic mass is 16.6. The van der Waals surface area contributed by atoms with Crippen molar-refractivity contribution in [2.24, 2.45) is 5.92 Å².